The van der Waals surface area contributed by atoms with E-state index < -0.39 is 0 Å². The van der Waals surface area contributed by atoms with Gasteiger partial charge in [0.25, 0.3) is 0 Å². The zero-order valence-electron chi connectivity index (χ0n) is 16.8. The first-order valence-corrected chi connectivity index (χ1v) is 9.79. The molecular weight excluding hydrogens is 453 g/mol. The summed E-state index contributed by atoms with van der Waals surface area (Å²) in [4.78, 5) is 6.95. The third-order valence-electron chi connectivity index (χ3n) is 6.50. The van der Waals surface area contributed by atoms with Gasteiger partial charge in [-0.05, 0) is 24.5 Å². The number of fused-ring (bicyclic) bond motifs is 1. The molecule has 1 N–H and O–H groups in total. The fourth-order valence-corrected chi connectivity index (χ4v) is 5.03. The van der Waals surface area contributed by atoms with Crippen molar-refractivity contribution in [2.75, 3.05) is 33.4 Å². The molecule has 1 saturated carbocycles. The summed E-state index contributed by atoms with van der Waals surface area (Å²) in [6.45, 7) is 10.1. The van der Waals surface area contributed by atoms with Crippen LogP contribution in [-0.4, -0.2) is 56.4 Å². The van der Waals surface area contributed by atoms with Gasteiger partial charge < -0.3 is 19.7 Å². The van der Waals surface area contributed by atoms with Crippen molar-refractivity contribution in [2.45, 2.75) is 45.4 Å². The molecule has 0 aromatic heterocycles. The van der Waals surface area contributed by atoms with Crippen molar-refractivity contribution >= 4 is 29.9 Å². The number of benzene rings is 1. The number of nitrogens with one attached hydrogen (secondary N) is 1. The summed E-state index contributed by atoms with van der Waals surface area (Å²) in [6, 6.07) is 8.93. The second-order valence-corrected chi connectivity index (χ2v) is 8.40. The van der Waals surface area contributed by atoms with Gasteiger partial charge in [0.15, 0.2) is 5.96 Å². The van der Waals surface area contributed by atoms with Crippen LogP contribution in [0.5, 0.6) is 0 Å². The summed E-state index contributed by atoms with van der Waals surface area (Å²) in [6.07, 6.45) is 1.64. The summed E-state index contributed by atoms with van der Waals surface area (Å²) in [5.74, 6) is 1.60. The summed E-state index contributed by atoms with van der Waals surface area (Å²) >= 11 is 0. The minimum atomic E-state index is 0. The summed E-state index contributed by atoms with van der Waals surface area (Å²) in [7, 11) is 1.88. The Kier molecular flexibility index (Phi) is 6.37. The maximum absolute atomic E-state index is 6.08. The number of rotatable bonds is 2. The first kappa shape index (κ1) is 20.9. The molecule has 6 heteroatoms. The Morgan fingerprint density at radius 3 is 2.74 bits per heavy atom. The first-order valence-electron chi connectivity index (χ1n) is 9.79. The molecule has 0 radical (unpaired) electrons. The zero-order valence-corrected chi connectivity index (χ0v) is 19.1. The number of aliphatic imine (C=N–C) groups is 1. The SMILES string of the molecule is CN=C(NC1C2CCOC2C1(C)C)N1CCOC(c2ccccc2C)C1.I. The molecule has 0 spiro atoms. The lowest BCUT2D eigenvalue weighted by atomic mass is 9.57. The molecule has 2 heterocycles. The molecule has 2 aliphatic heterocycles. The van der Waals surface area contributed by atoms with Crippen molar-refractivity contribution in [3.8, 4) is 0 Å². The molecule has 1 aromatic rings. The lowest BCUT2D eigenvalue weighted by molar-refractivity contribution is -0.108. The van der Waals surface area contributed by atoms with E-state index in [1.807, 2.05) is 7.05 Å². The van der Waals surface area contributed by atoms with E-state index in [4.69, 9.17) is 9.47 Å². The van der Waals surface area contributed by atoms with E-state index in [0.717, 1.165) is 38.7 Å². The Hall–Kier alpha value is -0.860. The highest BCUT2D eigenvalue weighted by atomic mass is 127. The largest absolute Gasteiger partial charge is 0.377 e. The lowest BCUT2D eigenvalue weighted by Crippen LogP contribution is -2.68. The van der Waals surface area contributed by atoms with Crippen LogP contribution in [0.25, 0.3) is 0 Å². The van der Waals surface area contributed by atoms with E-state index in [2.05, 4.69) is 60.2 Å². The van der Waals surface area contributed by atoms with Crippen LogP contribution < -0.4 is 5.32 Å². The molecule has 3 fully saturated rings. The molecule has 3 aliphatic rings. The van der Waals surface area contributed by atoms with Gasteiger partial charge in [-0.2, -0.15) is 0 Å². The maximum Gasteiger partial charge on any atom is 0.194 e. The van der Waals surface area contributed by atoms with Crippen molar-refractivity contribution in [3.63, 3.8) is 0 Å². The van der Waals surface area contributed by atoms with Gasteiger partial charge in [-0.3, -0.25) is 4.99 Å². The number of nitrogens with zero attached hydrogens (tertiary/aromatic N) is 2. The Balaban J connectivity index is 0.00000210. The molecule has 2 saturated heterocycles. The molecule has 0 bridgehead atoms. The van der Waals surface area contributed by atoms with Crippen LogP contribution in [0, 0.1) is 18.3 Å². The van der Waals surface area contributed by atoms with Crippen molar-refractivity contribution in [3.05, 3.63) is 35.4 Å². The molecule has 4 rings (SSSR count). The van der Waals surface area contributed by atoms with Gasteiger partial charge in [-0.25, -0.2) is 0 Å². The number of halogens is 1. The minimum absolute atomic E-state index is 0. The quantitative estimate of drug-likeness (QED) is 0.397. The molecule has 5 nitrogen and oxygen atoms in total. The van der Waals surface area contributed by atoms with Crippen LogP contribution in [-0.2, 0) is 9.47 Å². The van der Waals surface area contributed by atoms with Gasteiger partial charge in [0.05, 0.1) is 19.3 Å². The average Bonchev–Trinajstić information content (AvgIpc) is 3.10. The molecule has 150 valence electrons. The van der Waals surface area contributed by atoms with Crippen molar-refractivity contribution in [2.24, 2.45) is 16.3 Å². The van der Waals surface area contributed by atoms with E-state index in [1.165, 1.54) is 11.1 Å². The van der Waals surface area contributed by atoms with Crippen molar-refractivity contribution in [1.82, 2.24) is 10.2 Å². The monoisotopic (exact) mass is 485 g/mol. The van der Waals surface area contributed by atoms with E-state index >= 15 is 0 Å². The van der Waals surface area contributed by atoms with Gasteiger partial charge in [0, 0.05) is 37.6 Å². The Labute approximate surface area is 179 Å². The number of aryl methyl sites for hydroxylation is 1. The number of hydrogen-bond donors (Lipinski definition) is 1. The van der Waals surface area contributed by atoms with Gasteiger partial charge in [-0.15, -0.1) is 24.0 Å². The fourth-order valence-electron chi connectivity index (χ4n) is 5.03. The van der Waals surface area contributed by atoms with Crippen molar-refractivity contribution in [1.29, 1.82) is 0 Å². The summed E-state index contributed by atoms with van der Waals surface area (Å²) in [5, 5.41) is 3.76. The molecule has 1 aromatic carbocycles. The highest BCUT2D eigenvalue weighted by Crippen LogP contribution is 2.52. The summed E-state index contributed by atoms with van der Waals surface area (Å²) < 4.78 is 12.0. The van der Waals surface area contributed by atoms with Crippen LogP contribution in [0.4, 0.5) is 0 Å². The number of morpholine rings is 1. The van der Waals surface area contributed by atoms with Crippen LogP contribution >= 0.6 is 24.0 Å². The van der Waals surface area contributed by atoms with E-state index in [1.54, 1.807) is 0 Å². The third-order valence-corrected chi connectivity index (χ3v) is 6.50. The van der Waals surface area contributed by atoms with Gasteiger partial charge in [-0.1, -0.05) is 38.1 Å². The maximum atomic E-state index is 6.08. The molecule has 1 aliphatic carbocycles. The van der Waals surface area contributed by atoms with E-state index in [9.17, 15) is 0 Å². The standard InChI is InChI=1S/C21H31N3O2.HI/c1-14-7-5-6-8-15(14)17-13-24(10-12-25-17)20(22-4)23-18-16-9-11-26-19(16)21(18,2)3;/h5-8,16-19H,9-13H2,1-4H3,(H,22,23);1H. The van der Waals surface area contributed by atoms with Crippen molar-refractivity contribution < 1.29 is 9.47 Å². The first-order chi connectivity index (χ1) is 12.5. The van der Waals surface area contributed by atoms with Gasteiger partial charge in [0.1, 0.15) is 6.10 Å². The minimum Gasteiger partial charge on any atom is -0.377 e. The Bertz CT molecular complexity index is 694. The van der Waals surface area contributed by atoms with Crippen LogP contribution in [0.15, 0.2) is 29.3 Å². The number of guanidine groups is 1. The molecular formula is C21H32IN3O2. The van der Waals surface area contributed by atoms with Crippen LogP contribution in [0.1, 0.15) is 37.5 Å². The highest BCUT2D eigenvalue weighted by molar-refractivity contribution is 14.0. The van der Waals surface area contributed by atoms with E-state index in [-0.39, 0.29) is 35.5 Å². The summed E-state index contributed by atoms with van der Waals surface area (Å²) in [5.41, 5.74) is 2.72. The normalized spacial score (nSPS) is 32.3. The average molecular weight is 485 g/mol. The van der Waals surface area contributed by atoms with Gasteiger partial charge >= 0.3 is 0 Å². The second-order valence-electron chi connectivity index (χ2n) is 8.40. The molecule has 27 heavy (non-hydrogen) atoms. The smallest absolute Gasteiger partial charge is 0.194 e. The molecule has 0 amide bonds. The lowest BCUT2D eigenvalue weighted by Gasteiger charge is -2.55. The topological polar surface area (TPSA) is 46.1 Å². The van der Waals surface area contributed by atoms with Crippen LogP contribution in [0.2, 0.25) is 0 Å². The van der Waals surface area contributed by atoms with Crippen LogP contribution in [0.3, 0.4) is 0 Å². The highest BCUT2D eigenvalue weighted by Gasteiger charge is 2.59. The predicted molar refractivity (Wildman–Crippen MR) is 119 cm³/mol. The fraction of sp³-hybridized carbons (Fsp3) is 0.667. The second kappa shape index (κ2) is 8.25. The number of hydrogen-bond acceptors (Lipinski definition) is 3. The molecule has 4 unspecified atom stereocenters. The third kappa shape index (κ3) is 3.72. The Morgan fingerprint density at radius 1 is 1.22 bits per heavy atom. The van der Waals surface area contributed by atoms with E-state index in [0.29, 0.717) is 18.1 Å². The van der Waals surface area contributed by atoms with Gasteiger partial charge in [0.2, 0.25) is 0 Å². The zero-order chi connectivity index (χ0) is 18.3. The molecule has 4 atom stereocenters. The Morgan fingerprint density at radius 2 is 2.00 bits per heavy atom. The number of ether oxygens (including phenoxy) is 2. The predicted octanol–water partition coefficient (Wildman–Crippen LogP) is 3.38.